The molecule has 8 heteroatoms. The van der Waals surface area contributed by atoms with E-state index < -0.39 is 16.1 Å². The number of nitrogens with zero attached hydrogens (tertiary/aromatic N) is 1. The second-order valence-electron chi connectivity index (χ2n) is 5.63. The van der Waals surface area contributed by atoms with Gasteiger partial charge in [0.05, 0.1) is 22.0 Å². The number of benzene rings is 3. The molecular weight excluding hydrogens is 364 g/mol. The summed E-state index contributed by atoms with van der Waals surface area (Å²) in [6, 6.07) is 23.8. The Labute approximate surface area is 157 Å². The van der Waals surface area contributed by atoms with E-state index in [1.165, 1.54) is 29.2 Å². The maximum atomic E-state index is 12.8. The number of carbonyl (C=O) groups excluding carboxylic acids is 1. The number of para-hydroxylation sites is 2. The third kappa shape index (κ3) is 4.63. The van der Waals surface area contributed by atoms with Crippen LogP contribution in [0.3, 0.4) is 0 Å². The van der Waals surface area contributed by atoms with Crippen molar-refractivity contribution in [3.8, 4) is 0 Å². The molecule has 0 bridgehead atoms. The Kier molecular flexibility index (Phi) is 5.39. The van der Waals surface area contributed by atoms with Crippen molar-refractivity contribution in [1.29, 1.82) is 0 Å². The van der Waals surface area contributed by atoms with Gasteiger partial charge in [0.15, 0.2) is 0 Å². The minimum absolute atomic E-state index is 0.00502. The molecule has 138 valence electrons. The predicted molar refractivity (Wildman–Crippen MR) is 105 cm³/mol. The van der Waals surface area contributed by atoms with Gasteiger partial charge in [0.25, 0.3) is 0 Å². The Balaban J connectivity index is 1.77. The van der Waals surface area contributed by atoms with Crippen LogP contribution in [0.5, 0.6) is 0 Å². The van der Waals surface area contributed by atoms with E-state index in [4.69, 9.17) is 5.14 Å². The summed E-state index contributed by atoms with van der Waals surface area (Å²) >= 11 is 0. The van der Waals surface area contributed by atoms with Crippen molar-refractivity contribution in [2.45, 2.75) is 4.90 Å². The van der Waals surface area contributed by atoms with Crippen LogP contribution in [0.15, 0.2) is 89.8 Å². The number of hydrazine groups is 1. The molecule has 0 fully saturated rings. The largest absolute Gasteiger partial charge is 0.345 e. The molecular formula is C19H18N4O3S. The van der Waals surface area contributed by atoms with Gasteiger partial charge in [-0.1, -0.05) is 36.4 Å². The first kappa shape index (κ1) is 18.4. The molecule has 27 heavy (non-hydrogen) atoms. The van der Waals surface area contributed by atoms with Crippen LogP contribution < -0.4 is 20.9 Å². The number of urea groups is 1. The molecule has 3 rings (SSSR count). The summed E-state index contributed by atoms with van der Waals surface area (Å²) in [5.41, 5.74) is 7.29. The topological polar surface area (TPSA) is 105 Å². The van der Waals surface area contributed by atoms with E-state index in [0.29, 0.717) is 17.1 Å². The fourth-order valence-electron chi connectivity index (χ4n) is 2.45. The van der Waals surface area contributed by atoms with Gasteiger partial charge in [-0.25, -0.2) is 18.4 Å². The standard InChI is InChI=1S/C19H18N4O3S/c20-27(25,26)18-13-11-15(12-14-18)21-22-19(24)23(16-7-3-1-4-8-16)17-9-5-2-6-10-17/h1-14,21H,(H,22,24)(H2,20,25,26). The zero-order valence-electron chi connectivity index (χ0n) is 14.2. The van der Waals surface area contributed by atoms with Crippen molar-refractivity contribution < 1.29 is 13.2 Å². The summed E-state index contributed by atoms with van der Waals surface area (Å²) in [5, 5.41) is 5.07. The molecule has 0 saturated carbocycles. The molecule has 0 aliphatic rings. The van der Waals surface area contributed by atoms with Crippen LogP contribution in [0, 0.1) is 0 Å². The second-order valence-corrected chi connectivity index (χ2v) is 7.19. The maximum Gasteiger partial charge on any atom is 0.345 e. The van der Waals surface area contributed by atoms with Crippen molar-refractivity contribution in [2.24, 2.45) is 5.14 Å². The third-order valence-corrected chi connectivity index (χ3v) is 4.66. The Morgan fingerprint density at radius 1 is 0.778 bits per heavy atom. The quantitative estimate of drug-likeness (QED) is 0.589. The van der Waals surface area contributed by atoms with E-state index in [2.05, 4.69) is 10.9 Å². The molecule has 0 aliphatic heterocycles. The summed E-state index contributed by atoms with van der Waals surface area (Å²) < 4.78 is 22.6. The Morgan fingerprint density at radius 2 is 1.26 bits per heavy atom. The number of primary sulfonamides is 1. The van der Waals surface area contributed by atoms with Gasteiger partial charge in [-0.2, -0.15) is 0 Å². The Bertz CT molecular complexity index is 968. The molecule has 0 spiro atoms. The minimum Gasteiger partial charge on any atom is -0.297 e. The number of nitrogens with one attached hydrogen (secondary N) is 2. The van der Waals surface area contributed by atoms with Gasteiger partial charge in [0.1, 0.15) is 0 Å². The number of nitrogens with two attached hydrogens (primary N) is 1. The average molecular weight is 382 g/mol. The van der Waals surface area contributed by atoms with E-state index in [9.17, 15) is 13.2 Å². The normalized spacial score (nSPS) is 10.9. The monoisotopic (exact) mass is 382 g/mol. The minimum atomic E-state index is -3.76. The zero-order chi connectivity index (χ0) is 19.3. The molecule has 0 unspecified atom stereocenters. The van der Waals surface area contributed by atoms with E-state index in [-0.39, 0.29) is 4.90 Å². The smallest absolute Gasteiger partial charge is 0.297 e. The average Bonchev–Trinajstić information content (AvgIpc) is 2.68. The van der Waals surface area contributed by atoms with Crippen LogP contribution in [0.1, 0.15) is 0 Å². The number of amides is 2. The second kappa shape index (κ2) is 7.90. The van der Waals surface area contributed by atoms with Gasteiger partial charge in [0, 0.05) is 0 Å². The predicted octanol–water partition coefficient (Wildman–Crippen LogP) is 3.21. The maximum absolute atomic E-state index is 12.8. The molecule has 0 atom stereocenters. The van der Waals surface area contributed by atoms with Gasteiger partial charge < -0.3 is 0 Å². The highest BCUT2D eigenvalue weighted by molar-refractivity contribution is 7.89. The third-order valence-electron chi connectivity index (χ3n) is 3.73. The van der Waals surface area contributed by atoms with Crippen LogP contribution in [-0.2, 0) is 10.0 Å². The molecule has 0 aromatic heterocycles. The van der Waals surface area contributed by atoms with Crippen LogP contribution in [0.25, 0.3) is 0 Å². The Hall–Kier alpha value is -3.36. The van der Waals surface area contributed by atoms with E-state index in [1.54, 1.807) is 0 Å². The molecule has 7 nitrogen and oxygen atoms in total. The van der Waals surface area contributed by atoms with Gasteiger partial charge >= 0.3 is 6.03 Å². The first-order valence-electron chi connectivity index (χ1n) is 8.04. The summed E-state index contributed by atoms with van der Waals surface area (Å²) in [6.45, 7) is 0. The van der Waals surface area contributed by atoms with Crippen molar-refractivity contribution in [3.63, 3.8) is 0 Å². The molecule has 3 aromatic rings. The molecule has 0 aliphatic carbocycles. The number of anilines is 3. The molecule has 0 saturated heterocycles. The van der Waals surface area contributed by atoms with Crippen LogP contribution in [-0.4, -0.2) is 14.4 Å². The highest BCUT2D eigenvalue weighted by Crippen LogP contribution is 2.24. The number of carbonyl (C=O) groups is 1. The fraction of sp³-hybridized carbons (Fsp3) is 0. The van der Waals surface area contributed by atoms with Gasteiger partial charge in [-0.3, -0.25) is 15.8 Å². The first-order chi connectivity index (χ1) is 12.9. The van der Waals surface area contributed by atoms with Gasteiger partial charge in [-0.05, 0) is 48.5 Å². The summed E-state index contributed by atoms with van der Waals surface area (Å²) in [6.07, 6.45) is 0. The lowest BCUT2D eigenvalue weighted by atomic mass is 10.2. The Morgan fingerprint density at radius 3 is 1.70 bits per heavy atom. The highest BCUT2D eigenvalue weighted by Gasteiger charge is 2.17. The molecule has 0 heterocycles. The van der Waals surface area contributed by atoms with E-state index in [1.807, 2.05) is 60.7 Å². The fourth-order valence-corrected chi connectivity index (χ4v) is 2.96. The molecule has 0 radical (unpaired) electrons. The van der Waals surface area contributed by atoms with Crippen LogP contribution in [0.2, 0.25) is 0 Å². The van der Waals surface area contributed by atoms with Crippen molar-refractivity contribution in [1.82, 2.24) is 5.43 Å². The summed E-state index contributed by atoms with van der Waals surface area (Å²) in [4.78, 5) is 14.3. The highest BCUT2D eigenvalue weighted by atomic mass is 32.2. The lowest BCUT2D eigenvalue weighted by Crippen LogP contribution is -2.40. The zero-order valence-corrected chi connectivity index (χ0v) is 15.1. The molecule has 4 N–H and O–H groups in total. The molecule has 2 amide bonds. The van der Waals surface area contributed by atoms with Crippen molar-refractivity contribution in [3.05, 3.63) is 84.9 Å². The SMILES string of the molecule is NS(=O)(=O)c1ccc(NNC(=O)N(c2ccccc2)c2ccccc2)cc1. The van der Waals surface area contributed by atoms with Gasteiger partial charge in [-0.15, -0.1) is 0 Å². The lowest BCUT2D eigenvalue weighted by molar-refractivity contribution is 0.250. The van der Waals surface area contributed by atoms with Crippen molar-refractivity contribution in [2.75, 3.05) is 10.3 Å². The lowest BCUT2D eigenvalue weighted by Gasteiger charge is -2.23. The summed E-state index contributed by atoms with van der Waals surface area (Å²) in [5.74, 6) is 0. The van der Waals surface area contributed by atoms with Crippen molar-refractivity contribution >= 4 is 33.1 Å². The molecule has 3 aromatic carbocycles. The van der Waals surface area contributed by atoms with Gasteiger partial charge in [0.2, 0.25) is 10.0 Å². The first-order valence-corrected chi connectivity index (χ1v) is 9.59. The number of rotatable bonds is 5. The number of hydrogen-bond donors (Lipinski definition) is 3. The van der Waals surface area contributed by atoms with Crippen LogP contribution >= 0.6 is 0 Å². The summed E-state index contributed by atoms with van der Waals surface area (Å²) in [7, 11) is -3.76. The number of sulfonamides is 1. The number of hydrogen-bond acceptors (Lipinski definition) is 4. The van der Waals surface area contributed by atoms with Crippen LogP contribution in [0.4, 0.5) is 21.9 Å². The van der Waals surface area contributed by atoms with E-state index >= 15 is 0 Å². The van der Waals surface area contributed by atoms with E-state index in [0.717, 1.165) is 0 Å².